The molecule has 1 aromatic carbocycles. The van der Waals surface area contributed by atoms with Crippen LogP contribution in [0.5, 0.6) is 0 Å². The fraction of sp³-hybridized carbons (Fsp3) is 0.200. The molecular formula is C10H9BrF2O. The van der Waals surface area contributed by atoms with Gasteiger partial charge in [0.15, 0.2) is 11.6 Å². The first kappa shape index (κ1) is 11.3. The average Bonchev–Trinajstić information content (AvgIpc) is 2.15. The lowest BCUT2D eigenvalue weighted by molar-refractivity contribution is 0.180. The van der Waals surface area contributed by atoms with Crippen LogP contribution in [0, 0.1) is 11.6 Å². The van der Waals surface area contributed by atoms with Gasteiger partial charge in [0.05, 0.1) is 10.6 Å². The predicted octanol–water partition coefficient (Wildman–Crippen LogP) is 3.34. The quantitative estimate of drug-likeness (QED) is 0.655. The molecule has 1 nitrogen and oxygen atoms in total. The van der Waals surface area contributed by atoms with Crippen LogP contribution in [0.15, 0.2) is 29.3 Å². The molecule has 1 atom stereocenters. The molecule has 0 fully saturated rings. The lowest BCUT2D eigenvalue weighted by Gasteiger charge is -2.11. The highest BCUT2D eigenvalue weighted by Crippen LogP contribution is 2.29. The SMILES string of the molecule is C=CCC(O)c1ccc(F)c(F)c1Br. The first-order valence-electron chi connectivity index (χ1n) is 4.00. The molecule has 0 radical (unpaired) electrons. The fourth-order valence-corrected chi connectivity index (χ4v) is 1.67. The molecule has 0 spiro atoms. The van der Waals surface area contributed by atoms with Gasteiger partial charge in [0, 0.05) is 0 Å². The highest BCUT2D eigenvalue weighted by molar-refractivity contribution is 9.10. The molecule has 4 heteroatoms. The van der Waals surface area contributed by atoms with E-state index in [2.05, 4.69) is 22.5 Å². The van der Waals surface area contributed by atoms with Crippen LogP contribution in [0.2, 0.25) is 0 Å². The Bertz CT molecular complexity index is 352. The van der Waals surface area contributed by atoms with E-state index < -0.39 is 17.7 Å². The molecule has 1 rings (SSSR count). The molecule has 0 aliphatic rings. The fourth-order valence-electron chi connectivity index (χ4n) is 1.08. The maximum absolute atomic E-state index is 13.0. The summed E-state index contributed by atoms with van der Waals surface area (Å²) in [5.74, 6) is -1.92. The number of hydrogen-bond acceptors (Lipinski definition) is 1. The van der Waals surface area contributed by atoms with Gasteiger partial charge in [-0.3, -0.25) is 0 Å². The minimum absolute atomic E-state index is 0.0353. The van der Waals surface area contributed by atoms with Gasteiger partial charge in [0.2, 0.25) is 0 Å². The summed E-state index contributed by atoms with van der Waals surface area (Å²) in [6.45, 7) is 3.45. The maximum atomic E-state index is 13.0. The molecule has 0 bridgehead atoms. The lowest BCUT2D eigenvalue weighted by Crippen LogP contribution is -2.00. The minimum atomic E-state index is -0.981. The van der Waals surface area contributed by atoms with Crippen LogP contribution in [0.1, 0.15) is 18.1 Å². The Balaban J connectivity index is 3.10. The molecule has 0 saturated heterocycles. The summed E-state index contributed by atoms with van der Waals surface area (Å²) in [7, 11) is 0. The van der Waals surface area contributed by atoms with Crippen LogP contribution >= 0.6 is 15.9 Å². The van der Waals surface area contributed by atoms with E-state index in [1.54, 1.807) is 0 Å². The van der Waals surface area contributed by atoms with E-state index >= 15 is 0 Å². The molecule has 0 aliphatic heterocycles. The van der Waals surface area contributed by atoms with E-state index in [0.717, 1.165) is 6.07 Å². The van der Waals surface area contributed by atoms with Crippen molar-refractivity contribution >= 4 is 15.9 Å². The second-order valence-corrected chi connectivity index (χ2v) is 3.60. The van der Waals surface area contributed by atoms with Gasteiger partial charge in [-0.2, -0.15) is 0 Å². The molecule has 1 N–H and O–H groups in total. The van der Waals surface area contributed by atoms with Gasteiger partial charge in [-0.15, -0.1) is 6.58 Å². The maximum Gasteiger partial charge on any atom is 0.173 e. The number of benzene rings is 1. The molecule has 0 saturated carbocycles. The third-order valence-electron chi connectivity index (χ3n) is 1.81. The van der Waals surface area contributed by atoms with Crippen molar-refractivity contribution in [2.24, 2.45) is 0 Å². The molecule has 1 aromatic rings. The Labute approximate surface area is 89.2 Å². The number of aliphatic hydroxyl groups excluding tert-OH is 1. The lowest BCUT2D eigenvalue weighted by atomic mass is 10.1. The Morgan fingerprint density at radius 3 is 2.71 bits per heavy atom. The van der Waals surface area contributed by atoms with Crippen molar-refractivity contribution in [1.82, 2.24) is 0 Å². The molecule has 1 unspecified atom stereocenters. The van der Waals surface area contributed by atoms with Crippen molar-refractivity contribution in [1.29, 1.82) is 0 Å². The molecular weight excluding hydrogens is 254 g/mol. The average molecular weight is 263 g/mol. The molecule has 14 heavy (non-hydrogen) atoms. The standard InChI is InChI=1S/C10H9BrF2O/c1-2-3-8(14)6-4-5-7(12)10(13)9(6)11/h2,4-5,8,14H,1,3H2. The Morgan fingerprint density at radius 2 is 2.14 bits per heavy atom. The van der Waals surface area contributed by atoms with Crippen molar-refractivity contribution in [3.8, 4) is 0 Å². The largest absolute Gasteiger partial charge is 0.388 e. The van der Waals surface area contributed by atoms with E-state index in [1.165, 1.54) is 12.1 Å². The van der Waals surface area contributed by atoms with Crippen LogP contribution < -0.4 is 0 Å². The van der Waals surface area contributed by atoms with Gasteiger partial charge in [0.1, 0.15) is 0 Å². The summed E-state index contributed by atoms with van der Waals surface area (Å²) in [6.07, 6.45) is 0.944. The summed E-state index contributed by atoms with van der Waals surface area (Å²) in [5.41, 5.74) is 0.323. The third-order valence-corrected chi connectivity index (χ3v) is 2.62. The highest BCUT2D eigenvalue weighted by Gasteiger charge is 2.15. The predicted molar refractivity (Wildman–Crippen MR) is 53.8 cm³/mol. The zero-order valence-electron chi connectivity index (χ0n) is 7.30. The number of hydrogen-bond donors (Lipinski definition) is 1. The second kappa shape index (κ2) is 4.66. The third kappa shape index (κ3) is 2.19. The zero-order chi connectivity index (χ0) is 10.7. The van der Waals surface area contributed by atoms with E-state index in [1.807, 2.05) is 0 Å². The highest BCUT2D eigenvalue weighted by atomic mass is 79.9. The van der Waals surface area contributed by atoms with Gasteiger partial charge in [-0.25, -0.2) is 8.78 Å². The molecule has 0 aromatic heterocycles. The van der Waals surface area contributed by atoms with Crippen molar-refractivity contribution in [3.63, 3.8) is 0 Å². The summed E-state index contributed by atoms with van der Waals surface area (Å²) < 4.78 is 25.7. The topological polar surface area (TPSA) is 20.2 Å². The summed E-state index contributed by atoms with van der Waals surface area (Å²) in [4.78, 5) is 0. The normalized spacial score (nSPS) is 12.6. The number of rotatable bonds is 3. The Kier molecular flexibility index (Phi) is 3.77. The van der Waals surface area contributed by atoms with E-state index in [0.29, 0.717) is 12.0 Å². The van der Waals surface area contributed by atoms with E-state index in [9.17, 15) is 13.9 Å². The van der Waals surface area contributed by atoms with Crippen LogP contribution in [0.3, 0.4) is 0 Å². The second-order valence-electron chi connectivity index (χ2n) is 2.80. The summed E-state index contributed by atoms with van der Waals surface area (Å²) in [5, 5.41) is 9.53. The Hall–Kier alpha value is -0.740. The van der Waals surface area contributed by atoms with Crippen LogP contribution in [0.4, 0.5) is 8.78 Å². The molecule has 0 aliphatic carbocycles. The van der Waals surface area contributed by atoms with Crippen molar-refractivity contribution in [2.45, 2.75) is 12.5 Å². The zero-order valence-corrected chi connectivity index (χ0v) is 8.89. The van der Waals surface area contributed by atoms with Gasteiger partial charge >= 0.3 is 0 Å². The first-order valence-corrected chi connectivity index (χ1v) is 4.79. The van der Waals surface area contributed by atoms with E-state index in [-0.39, 0.29) is 4.47 Å². The van der Waals surface area contributed by atoms with Crippen LogP contribution in [-0.2, 0) is 0 Å². The molecule has 0 heterocycles. The summed E-state index contributed by atoms with van der Waals surface area (Å²) >= 11 is 2.89. The number of halogens is 3. The molecule has 76 valence electrons. The summed E-state index contributed by atoms with van der Waals surface area (Å²) in [6, 6.07) is 2.33. The van der Waals surface area contributed by atoms with Gasteiger partial charge < -0.3 is 5.11 Å². The van der Waals surface area contributed by atoms with Crippen LogP contribution in [0.25, 0.3) is 0 Å². The van der Waals surface area contributed by atoms with Crippen molar-refractivity contribution < 1.29 is 13.9 Å². The van der Waals surface area contributed by atoms with Crippen LogP contribution in [-0.4, -0.2) is 5.11 Å². The smallest absolute Gasteiger partial charge is 0.173 e. The van der Waals surface area contributed by atoms with Gasteiger partial charge in [0.25, 0.3) is 0 Å². The van der Waals surface area contributed by atoms with E-state index in [4.69, 9.17) is 0 Å². The van der Waals surface area contributed by atoms with Crippen molar-refractivity contribution in [3.05, 3.63) is 46.5 Å². The minimum Gasteiger partial charge on any atom is -0.388 e. The van der Waals surface area contributed by atoms with Crippen molar-refractivity contribution in [2.75, 3.05) is 0 Å². The van der Waals surface area contributed by atoms with Gasteiger partial charge in [-0.1, -0.05) is 12.1 Å². The Morgan fingerprint density at radius 1 is 1.50 bits per heavy atom. The monoisotopic (exact) mass is 262 g/mol. The number of aliphatic hydroxyl groups is 1. The first-order chi connectivity index (χ1) is 6.57. The molecule has 0 amide bonds. The van der Waals surface area contributed by atoms with Gasteiger partial charge in [-0.05, 0) is 34.0 Å².